The lowest BCUT2D eigenvalue weighted by Crippen LogP contribution is -2.41. The first kappa shape index (κ1) is 47.8. The molecule has 4 aromatic carbocycles. The van der Waals surface area contributed by atoms with Crippen LogP contribution in [0.3, 0.4) is 0 Å². The molecule has 1 N–H and O–H groups in total. The van der Waals surface area contributed by atoms with Crippen LogP contribution in [0.5, 0.6) is 34.5 Å². The number of methoxy groups -OCH3 is 2. The number of hydrogen-bond acceptors (Lipinski definition) is 14. The molecule has 2 atom stereocenters. The topological polar surface area (TPSA) is 137 Å². The standard InChI is InChI=1S/C27H31N3O4S.C26H29N3O4S/c1-27(2)33-23-14-19(13-22(32-4)24(23)34-27)26(31)30(16-21-11-8-12-29(21)3)15-20-17-35-25(28-20)18-9-6-5-7-10-18;1-26(2)32-22-13-18(12-21(31-3)23(22)33-26)25(30)29(14-19-10-7-11-27-19)15-20-16-34-24(28-20)17-8-5-4-6-9-17/h5-7,9-10,13-14,17,21H,8,11-12,15-16H2,1-4H3;4-6,8-9,12-13,16,19,27H,7,10-11,14-15H2,1-3H3/t21-;19-/m00/s1. The summed E-state index contributed by atoms with van der Waals surface area (Å²) < 4.78 is 34.7. The third-order valence-corrected chi connectivity index (χ3v) is 14.4. The first-order valence-corrected chi connectivity index (χ1v) is 25.2. The minimum Gasteiger partial charge on any atom is -0.493 e. The van der Waals surface area contributed by atoms with Crippen molar-refractivity contribution < 1.29 is 38.0 Å². The summed E-state index contributed by atoms with van der Waals surface area (Å²) in [5, 5.41) is 9.49. The average molecular weight is 973 g/mol. The van der Waals surface area contributed by atoms with Gasteiger partial charge in [-0.25, -0.2) is 9.97 Å². The molecular formula is C53H60N6O8S2. The zero-order valence-electron chi connectivity index (χ0n) is 40.3. The molecule has 0 unspecified atom stereocenters. The van der Waals surface area contributed by atoms with Gasteiger partial charge in [-0.3, -0.25) is 9.59 Å². The molecule has 16 heteroatoms. The normalized spacial score (nSPS) is 18.4. The van der Waals surface area contributed by atoms with Crippen LogP contribution in [0.25, 0.3) is 21.1 Å². The van der Waals surface area contributed by atoms with Gasteiger partial charge in [0.2, 0.25) is 23.1 Å². The molecule has 0 radical (unpaired) electrons. The highest BCUT2D eigenvalue weighted by atomic mass is 32.1. The monoisotopic (exact) mass is 972 g/mol. The van der Waals surface area contributed by atoms with Crippen molar-refractivity contribution in [1.82, 2.24) is 30.0 Å². The number of carbonyl (C=O) groups is 2. The number of aromatic nitrogens is 2. The largest absolute Gasteiger partial charge is 0.493 e. The molecule has 0 bridgehead atoms. The van der Waals surface area contributed by atoms with Crippen molar-refractivity contribution in [1.29, 1.82) is 0 Å². The summed E-state index contributed by atoms with van der Waals surface area (Å²) >= 11 is 3.20. The van der Waals surface area contributed by atoms with Crippen LogP contribution in [0.15, 0.2) is 95.7 Å². The van der Waals surface area contributed by atoms with Crippen LogP contribution in [0, 0.1) is 0 Å². The first-order chi connectivity index (χ1) is 33.2. The number of hydrogen-bond donors (Lipinski definition) is 1. The Morgan fingerprint density at radius 2 is 1.19 bits per heavy atom. The van der Waals surface area contributed by atoms with Crippen LogP contribution in [0.4, 0.5) is 0 Å². The molecule has 69 heavy (non-hydrogen) atoms. The van der Waals surface area contributed by atoms with E-state index < -0.39 is 11.6 Å². The number of benzene rings is 4. The fourth-order valence-electron chi connectivity index (χ4n) is 9.14. The van der Waals surface area contributed by atoms with E-state index in [0.717, 1.165) is 71.3 Å². The van der Waals surface area contributed by atoms with Crippen LogP contribution in [0.2, 0.25) is 0 Å². The van der Waals surface area contributed by atoms with E-state index in [1.165, 1.54) is 0 Å². The van der Waals surface area contributed by atoms with Gasteiger partial charge in [0.1, 0.15) is 10.0 Å². The Balaban J connectivity index is 0.000000172. The van der Waals surface area contributed by atoms with Crippen LogP contribution in [0.1, 0.15) is 85.5 Å². The fourth-order valence-corrected chi connectivity index (χ4v) is 10.8. The van der Waals surface area contributed by atoms with Gasteiger partial charge < -0.3 is 48.4 Å². The summed E-state index contributed by atoms with van der Waals surface area (Å²) in [6.07, 6.45) is 4.39. The van der Waals surface area contributed by atoms with E-state index in [9.17, 15) is 9.59 Å². The predicted molar refractivity (Wildman–Crippen MR) is 268 cm³/mol. The number of likely N-dealkylation sites (tertiary alicyclic amines) is 1. The highest BCUT2D eigenvalue weighted by molar-refractivity contribution is 7.13. The highest BCUT2D eigenvalue weighted by Gasteiger charge is 2.38. The Morgan fingerprint density at radius 3 is 1.62 bits per heavy atom. The van der Waals surface area contributed by atoms with Crippen molar-refractivity contribution in [3.63, 3.8) is 0 Å². The number of rotatable bonds is 14. The van der Waals surface area contributed by atoms with Crippen molar-refractivity contribution in [2.24, 2.45) is 0 Å². The average Bonchev–Trinajstić information content (AvgIpc) is 4.23. The van der Waals surface area contributed by atoms with Crippen molar-refractivity contribution in [2.75, 3.05) is 47.4 Å². The summed E-state index contributed by atoms with van der Waals surface area (Å²) in [5.74, 6) is 1.31. The summed E-state index contributed by atoms with van der Waals surface area (Å²) in [4.78, 5) is 43.4. The summed E-state index contributed by atoms with van der Waals surface area (Å²) in [7, 11) is 5.27. The van der Waals surface area contributed by atoms with Crippen molar-refractivity contribution in [2.45, 2.75) is 90.1 Å². The highest BCUT2D eigenvalue weighted by Crippen LogP contribution is 2.48. The van der Waals surface area contributed by atoms with Gasteiger partial charge in [-0.05, 0) is 70.1 Å². The van der Waals surface area contributed by atoms with Gasteiger partial charge in [0.05, 0.1) is 38.7 Å². The Kier molecular flexibility index (Phi) is 14.2. The van der Waals surface area contributed by atoms with Crippen molar-refractivity contribution >= 4 is 34.5 Å². The second-order valence-electron chi connectivity index (χ2n) is 18.7. The van der Waals surface area contributed by atoms with Gasteiger partial charge in [0, 0.05) is 85.9 Å². The van der Waals surface area contributed by atoms with E-state index in [1.54, 1.807) is 61.2 Å². The second-order valence-corrected chi connectivity index (χ2v) is 20.4. The van der Waals surface area contributed by atoms with Gasteiger partial charge >= 0.3 is 0 Å². The minimum absolute atomic E-state index is 0.0750. The lowest BCUT2D eigenvalue weighted by molar-refractivity contribution is -0.0445. The smallest absolute Gasteiger partial charge is 0.254 e. The van der Waals surface area contributed by atoms with E-state index in [-0.39, 0.29) is 17.9 Å². The number of likely N-dealkylation sites (N-methyl/N-ethyl adjacent to an activating group) is 1. The van der Waals surface area contributed by atoms with Crippen LogP contribution in [-0.4, -0.2) is 108 Å². The molecule has 4 aliphatic heterocycles. The Bertz CT molecular complexity index is 2760. The molecule has 2 amide bonds. The van der Waals surface area contributed by atoms with Gasteiger partial charge in [0.25, 0.3) is 11.8 Å². The lowest BCUT2D eigenvalue weighted by atomic mass is 10.1. The lowest BCUT2D eigenvalue weighted by Gasteiger charge is -2.29. The zero-order valence-corrected chi connectivity index (χ0v) is 41.9. The first-order valence-electron chi connectivity index (χ1n) is 23.5. The quantitative estimate of drug-likeness (QED) is 0.111. The van der Waals surface area contributed by atoms with Crippen molar-refractivity contribution in [3.05, 3.63) is 118 Å². The SMILES string of the molecule is COc1cc(C(=O)N(Cc2csc(-c3ccccc3)n2)C[C@@H]2CCCN2)cc2c1OC(C)(C)O2.COc1cc(C(=O)N(Cc2csc(-c3ccccc3)n2)C[C@@H]2CCCN2C)cc2c1OC(C)(C)O2. The number of thiazole rings is 2. The molecule has 4 aliphatic rings. The zero-order chi connectivity index (χ0) is 48.3. The van der Waals surface area contributed by atoms with E-state index in [1.807, 2.05) is 96.8 Å². The van der Waals surface area contributed by atoms with Gasteiger partial charge in [-0.2, -0.15) is 0 Å². The predicted octanol–water partition coefficient (Wildman–Crippen LogP) is 9.78. The van der Waals surface area contributed by atoms with E-state index >= 15 is 0 Å². The van der Waals surface area contributed by atoms with Crippen LogP contribution < -0.4 is 33.7 Å². The van der Waals surface area contributed by atoms with Crippen LogP contribution >= 0.6 is 22.7 Å². The van der Waals surface area contributed by atoms with E-state index in [2.05, 4.69) is 29.4 Å². The maximum atomic E-state index is 13.9. The molecule has 2 fully saturated rings. The van der Waals surface area contributed by atoms with Gasteiger partial charge in [-0.1, -0.05) is 60.7 Å². The van der Waals surface area contributed by atoms with Gasteiger partial charge in [0.15, 0.2) is 23.0 Å². The van der Waals surface area contributed by atoms with Crippen LogP contribution in [-0.2, 0) is 13.1 Å². The summed E-state index contributed by atoms with van der Waals surface area (Å²) in [6, 6.07) is 27.8. The summed E-state index contributed by atoms with van der Waals surface area (Å²) in [6.45, 7) is 11.5. The number of nitrogens with zero attached hydrogens (tertiary/aromatic N) is 5. The molecule has 10 rings (SSSR count). The number of carbonyl (C=O) groups excluding carboxylic acids is 2. The number of ether oxygens (including phenoxy) is 6. The molecule has 0 spiro atoms. The Labute approximate surface area is 412 Å². The van der Waals surface area contributed by atoms with Gasteiger partial charge in [-0.15, -0.1) is 22.7 Å². The number of fused-ring (bicyclic) bond motifs is 2. The molecule has 0 saturated carbocycles. The molecule has 6 heterocycles. The molecule has 0 aliphatic carbocycles. The molecule has 2 aromatic heterocycles. The van der Waals surface area contributed by atoms with Crippen molar-refractivity contribution in [3.8, 4) is 55.6 Å². The maximum absolute atomic E-state index is 13.9. The van der Waals surface area contributed by atoms with E-state index in [4.69, 9.17) is 38.4 Å². The second kappa shape index (κ2) is 20.4. The number of amides is 2. The third-order valence-electron chi connectivity index (χ3n) is 12.5. The maximum Gasteiger partial charge on any atom is 0.254 e. The molecular weight excluding hydrogens is 913 g/mol. The molecule has 2 saturated heterocycles. The third kappa shape index (κ3) is 11.1. The van der Waals surface area contributed by atoms with E-state index in [0.29, 0.717) is 77.8 Å². The Morgan fingerprint density at radius 1 is 0.696 bits per heavy atom. The molecule has 14 nitrogen and oxygen atoms in total. The Hall–Kier alpha value is -6.20. The number of nitrogens with one attached hydrogen (secondary N) is 1. The molecule has 362 valence electrons. The molecule has 6 aromatic rings. The summed E-state index contributed by atoms with van der Waals surface area (Å²) in [5.41, 5.74) is 4.95. The minimum atomic E-state index is -0.808. The fraction of sp³-hybridized carbons (Fsp3) is 0.396.